The lowest BCUT2D eigenvalue weighted by Crippen LogP contribution is -2.44. The van der Waals surface area contributed by atoms with Gasteiger partial charge in [0.1, 0.15) is 4.90 Å². The fraction of sp³-hybridized carbons (Fsp3) is 0.417. The van der Waals surface area contributed by atoms with Gasteiger partial charge < -0.3 is 5.32 Å². The second-order valence-corrected chi connectivity index (χ2v) is 6.15. The molecule has 106 valence electrons. The normalized spacial score (nSPS) is 13.0. The highest BCUT2D eigenvalue weighted by Gasteiger charge is 2.23. The van der Waals surface area contributed by atoms with E-state index >= 15 is 0 Å². The quantitative estimate of drug-likeness (QED) is 0.837. The number of carbonyl (C=O) groups is 1. The van der Waals surface area contributed by atoms with Crippen molar-refractivity contribution in [1.82, 2.24) is 10.0 Å². The standard InChI is InChI=1S/C12H17ClN2O3S/c1-3-8-14-12(16)9(2)15-19(17,18)11-7-5-4-6-10(11)13/h4-7,9,15H,3,8H2,1-2H3,(H,14,16)/t9-/m1/s1. The Labute approximate surface area is 118 Å². The van der Waals surface area contributed by atoms with Crippen LogP contribution in [0.5, 0.6) is 0 Å². The molecular weight excluding hydrogens is 288 g/mol. The number of hydrogen-bond donors (Lipinski definition) is 2. The lowest BCUT2D eigenvalue weighted by Gasteiger charge is -2.14. The van der Waals surface area contributed by atoms with Gasteiger partial charge in [0.15, 0.2) is 0 Å². The predicted molar refractivity (Wildman–Crippen MR) is 74.5 cm³/mol. The zero-order valence-electron chi connectivity index (χ0n) is 10.8. The van der Waals surface area contributed by atoms with Crippen molar-refractivity contribution in [2.24, 2.45) is 0 Å². The summed E-state index contributed by atoms with van der Waals surface area (Å²) in [6, 6.07) is 5.23. The molecule has 0 fully saturated rings. The summed E-state index contributed by atoms with van der Waals surface area (Å²) < 4.78 is 26.4. The van der Waals surface area contributed by atoms with Crippen LogP contribution < -0.4 is 10.0 Å². The maximum absolute atomic E-state index is 12.1. The first-order valence-corrected chi connectivity index (χ1v) is 7.79. The van der Waals surface area contributed by atoms with Gasteiger partial charge in [0, 0.05) is 6.54 Å². The molecule has 0 unspecified atom stereocenters. The summed E-state index contributed by atoms with van der Waals surface area (Å²) in [6.07, 6.45) is 0.787. The van der Waals surface area contributed by atoms with Crippen molar-refractivity contribution in [2.45, 2.75) is 31.2 Å². The molecule has 1 aromatic carbocycles. The molecule has 0 spiro atoms. The van der Waals surface area contributed by atoms with Crippen molar-refractivity contribution in [3.63, 3.8) is 0 Å². The molecule has 0 saturated carbocycles. The topological polar surface area (TPSA) is 75.3 Å². The third kappa shape index (κ3) is 4.49. The molecule has 0 aliphatic rings. The Morgan fingerprint density at radius 1 is 1.37 bits per heavy atom. The second kappa shape index (κ2) is 6.88. The summed E-state index contributed by atoms with van der Waals surface area (Å²) in [7, 11) is -3.80. The van der Waals surface area contributed by atoms with Crippen LogP contribution in [0, 0.1) is 0 Å². The summed E-state index contributed by atoms with van der Waals surface area (Å²) in [6.45, 7) is 3.91. The zero-order chi connectivity index (χ0) is 14.5. The van der Waals surface area contributed by atoms with Gasteiger partial charge in [-0.25, -0.2) is 8.42 Å². The lowest BCUT2D eigenvalue weighted by molar-refractivity contribution is -0.122. The Balaban J connectivity index is 2.81. The summed E-state index contributed by atoms with van der Waals surface area (Å²) in [5.41, 5.74) is 0. The van der Waals surface area contributed by atoms with Crippen molar-refractivity contribution >= 4 is 27.5 Å². The number of hydrogen-bond acceptors (Lipinski definition) is 3. The van der Waals surface area contributed by atoms with E-state index in [-0.39, 0.29) is 15.8 Å². The van der Waals surface area contributed by atoms with Gasteiger partial charge >= 0.3 is 0 Å². The fourth-order valence-electron chi connectivity index (χ4n) is 1.41. The van der Waals surface area contributed by atoms with E-state index in [9.17, 15) is 13.2 Å². The maximum Gasteiger partial charge on any atom is 0.242 e. The van der Waals surface area contributed by atoms with Crippen molar-refractivity contribution in [3.8, 4) is 0 Å². The molecular formula is C12H17ClN2O3S. The predicted octanol–water partition coefficient (Wildman–Crippen LogP) is 1.53. The molecule has 1 atom stereocenters. The van der Waals surface area contributed by atoms with Crippen LogP contribution in [-0.4, -0.2) is 26.9 Å². The molecule has 5 nitrogen and oxygen atoms in total. The smallest absolute Gasteiger partial charge is 0.242 e. The molecule has 2 N–H and O–H groups in total. The van der Waals surface area contributed by atoms with Crippen LogP contribution in [0.4, 0.5) is 0 Å². The van der Waals surface area contributed by atoms with Crippen LogP contribution in [0.1, 0.15) is 20.3 Å². The van der Waals surface area contributed by atoms with E-state index in [2.05, 4.69) is 10.0 Å². The number of rotatable bonds is 6. The molecule has 1 aromatic rings. The minimum atomic E-state index is -3.80. The lowest BCUT2D eigenvalue weighted by atomic mass is 10.3. The third-order valence-corrected chi connectivity index (χ3v) is 4.44. The average Bonchev–Trinajstić information content (AvgIpc) is 2.35. The number of carbonyl (C=O) groups excluding carboxylic acids is 1. The van der Waals surface area contributed by atoms with Gasteiger partial charge in [-0.2, -0.15) is 4.72 Å². The Bertz CT molecular complexity index is 546. The number of halogens is 1. The molecule has 1 amide bonds. The van der Waals surface area contributed by atoms with Gasteiger partial charge in [-0.3, -0.25) is 4.79 Å². The summed E-state index contributed by atoms with van der Waals surface area (Å²) >= 11 is 5.84. The number of benzene rings is 1. The molecule has 7 heteroatoms. The highest BCUT2D eigenvalue weighted by molar-refractivity contribution is 7.89. The maximum atomic E-state index is 12.1. The second-order valence-electron chi connectivity index (χ2n) is 4.06. The van der Waals surface area contributed by atoms with E-state index in [1.165, 1.54) is 19.1 Å². The van der Waals surface area contributed by atoms with Crippen molar-refractivity contribution < 1.29 is 13.2 Å². The van der Waals surface area contributed by atoms with Crippen molar-refractivity contribution in [1.29, 1.82) is 0 Å². The summed E-state index contributed by atoms with van der Waals surface area (Å²) in [5.74, 6) is -0.363. The zero-order valence-corrected chi connectivity index (χ0v) is 12.4. The van der Waals surface area contributed by atoms with Gasteiger partial charge in [-0.15, -0.1) is 0 Å². The SMILES string of the molecule is CCCNC(=O)[C@@H](C)NS(=O)(=O)c1ccccc1Cl. The van der Waals surface area contributed by atoms with Gasteiger partial charge in [0.25, 0.3) is 0 Å². The van der Waals surface area contributed by atoms with Crippen LogP contribution >= 0.6 is 11.6 Å². The van der Waals surface area contributed by atoms with Gasteiger partial charge in [-0.05, 0) is 25.5 Å². The van der Waals surface area contributed by atoms with E-state index in [1.54, 1.807) is 12.1 Å². The summed E-state index contributed by atoms with van der Waals surface area (Å²) in [5, 5.41) is 2.74. The van der Waals surface area contributed by atoms with E-state index in [1.807, 2.05) is 6.92 Å². The highest BCUT2D eigenvalue weighted by Crippen LogP contribution is 2.20. The van der Waals surface area contributed by atoms with Crippen molar-refractivity contribution in [3.05, 3.63) is 29.3 Å². The van der Waals surface area contributed by atoms with E-state index in [0.29, 0.717) is 6.54 Å². The first kappa shape index (κ1) is 15.9. The molecule has 0 aromatic heterocycles. The summed E-state index contributed by atoms with van der Waals surface area (Å²) in [4.78, 5) is 11.6. The van der Waals surface area contributed by atoms with Gasteiger partial charge in [0.05, 0.1) is 11.1 Å². The molecule has 0 bridgehead atoms. The monoisotopic (exact) mass is 304 g/mol. The molecule has 0 aliphatic carbocycles. The third-order valence-electron chi connectivity index (χ3n) is 2.40. The van der Waals surface area contributed by atoms with Crippen molar-refractivity contribution in [2.75, 3.05) is 6.54 Å². The van der Waals surface area contributed by atoms with Crippen LogP contribution in [-0.2, 0) is 14.8 Å². The Morgan fingerprint density at radius 2 is 2.00 bits per heavy atom. The Morgan fingerprint density at radius 3 is 2.58 bits per heavy atom. The molecule has 0 saturated heterocycles. The number of nitrogens with one attached hydrogen (secondary N) is 2. The highest BCUT2D eigenvalue weighted by atomic mass is 35.5. The van der Waals surface area contributed by atoms with Crippen LogP contribution in [0.3, 0.4) is 0 Å². The van der Waals surface area contributed by atoms with Crippen LogP contribution in [0.15, 0.2) is 29.2 Å². The Kier molecular flexibility index (Phi) is 5.78. The minimum absolute atomic E-state index is 0.0354. The largest absolute Gasteiger partial charge is 0.355 e. The molecule has 0 aliphatic heterocycles. The van der Waals surface area contributed by atoms with Crippen LogP contribution in [0.2, 0.25) is 5.02 Å². The van der Waals surface area contributed by atoms with Gasteiger partial charge in [0.2, 0.25) is 15.9 Å². The first-order chi connectivity index (χ1) is 8.88. The van der Waals surface area contributed by atoms with E-state index in [0.717, 1.165) is 6.42 Å². The molecule has 19 heavy (non-hydrogen) atoms. The number of sulfonamides is 1. The minimum Gasteiger partial charge on any atom is -0.355 e. The molecule has 1 rings (SSSR count). The van der Waals surface area contributed by atoms with Crippen LogP contribution in [0.25, 0.3) is 0 Å². The first-order valence-electron chi connectivity index (χ1n) is 5.93. The molecule has 0 radical (unpaired) electrons. The average molecular weight is 305 g/mol. The van der Waals surface area contributed by atoms with E-state index in [4.69, 9.17) is 11.6 Å². The fourth-order valence-corrected chi connectivity index (χ4v) is 3.14. The molecule has 0 heterocycles. The number of amides is 1. The van der Waals surface area contributed by atoms with E-state index < -0.39 is 16.1 Å². The Hall–Kier alpha value is -1.11. The van der Waals surface area contributed by atoms with Gasteiger partial charge in [-0.1, -0.05) is 30.7 Å².